The molecular weight excluding hydrogens is 308 g/mol. The first-order valence-electron chi connectivity index (χ1n) is 7.67. The molecule has 2 aromatic rings. The second kappa shape index (κ2) is 7.42. The molecule has 120 valence electrons. The average Bonchev–Trinajstić information content (AvgIpc) is 2.78. The molecule has 2 aromatic carbocycles. The number of amides is 1. The van der Waals surface area contributed by atoms with Crippen LogP contribution in [-0.4, -0.2) is 31.9 Å². The van der Waals surface area contributed by atoms with Gasteiger partial charge in [-0.25, -0.2) is 0 Å². The molecule has 0 aliphatic carbocycles. The van der Waals surface area contributed by atoms with E-state index < -0.39 is 0 Å². The van der Waals surface area contributed by atoms with Gasteiger partial charge in [0.25, 0.3) is 0 Å². The molecule has 1 aliphatic rings. The summed E-state index contributed by atoms with van der Waals surface area (Å²) in [7, 11) is 1.60. The van der Waals surface area contributed by atoms with E-state index in [1.54, 1.807) is 7.11 Å². The van der Waals surface area contributed by atoms with Gasteiger partial charge in [0, 0.05) is 11.4 Å². The SMILES string of the molecule is COc1ccccc1NC(=O)CN1CCCSc2ccccc21. The van der Waals surface area contributed by atoms with Crippen LogP contribution in [-0.2, 0) is 4.79 Å². The van der Waals surface area contributed by atoms with Gasteiger partial charge in [-0.1, -0.05) is 24.3 Å². The van der Waals surface area contributed by atoms with Crippen molar-refractivity contribution >= 4 is 29.0 Å². The van der Waals surface area contributed by atoms with Gasteiger partial charge in [-0.3, -0.25) is 4.79 Å². The van der Waals surface area contributed by atoms with Crippen LogP contribution in [0.4, 0.5) is 11.4 Å². The summed E-state index contributed by atoms with van der Waals surface area (Å²) in [6.07, 6.45) is 1.07. The van der Waals surface area contributed by atoms with Crippen LogP contribution >= 0.6 is 11.8 Å². The molecule has 0 aromatic heterocycles. The highest BCUT2D eigenvalue weighted by atomic mass is 32.2. The van der Waals surface area contributed by atoms with Crippen LogP contribution in [0.2, 0.25) is 0 Å². The highest BCUT2D eigenvalue weighted by Crippen LogP contribution is 2.33. The third-order valence-electron chi connectivity index (χ3n) is 3.75. The maximum Gasteiger partial charge on any atom is 0.243 e. The molecule has 0 saturated carbocycles. The minimum Gasteiger partial charge on any atom is -0.495 e. The second-order valence-corrected chi connectivity index (χ2v) is 6.48. The molecular formula is C18H20N2O2S. The second-order valence-electron chi connectivity index (χ2n) is 5.34. The molecule has 1 N–H and O–H groups in total. The lowest BCUT2D eigenvalue weighted by atomic mass is 10.2. The Labute approximate surface area is 140 Å². The summed E-state index contributed by atoms with van der Waals surface area (Å²) in [6.45, 7) is 1.24. The zero-order valence-electron chi connectivity index (χ0n) is 13.1. The van der Waals surface area contributed by atoms with Gasteiger partial charge < -0.3 is 15.0 Å². The smallest absolute Gasteiger partial charge is 0.243 e. The van der Waals surface area contributed by atoms with Crippen LogP contribution in [0.25, 0.3) is 0 Å². The summed E-state index contributed by atoms with van der Waals surface area (Å²) in [5, 5.41) is 2.95. The number of methoxy groups -OCH3 is 1. The monoisotopic (exact) mass is 328 g/mol. The van der Waals surface area contributed by atoms with Gasteiger partial charge in [0.2, 0.25) is 5.91 Å². The summed E-state index contributed by atoms with van der Waals surface area (Å²) in [6, 6.07) is 15.7. The minimum absolute atomic E-state index is 0.0313. The summed E-state index contributed by atoms with van der Waals surface area (Å²) in [4.78, 5) is 15.9. The van der Waals surface area contributed by atoms with Crippen LogP contribution in [0.5, 0.6) is 5.75 Å². The summed E-state index contributed by atoms with van der Waals surface area (Å²) in [5.41, 5.74) is 1.85. The van der Waals surface area contributed by atoms with Gasteiger partial charge in [-0.05, 0) is 36.4 Å². The van der Waals surface area contributed by atoms with Crippen molar-refractivity contribution in [2.45, 2.75) is 11.3 Å². The van der Waals surface area contributed by atoms with Crippen LogP contribution in [0.15, 0.2) is 53.4 Å². The number of nitrogens with zero attached hydrogens (tertiary/aromatic N) is 1. The molecule has 1 heterocycles. The highest BCUT2D eigenvalue weighted by molar-refractivity contribution is 7.99. The molecule has 5 heteroatoms. The summed E-state index contributed by atoms with van der Waals surface area (Å²) < 4.78 is 5.28. The van der Waals surface area contributed by atoms with Gasteiger partial charge in [0.15, 0.2) is 0 Å². The Morgan fingerprint density at radius 1 is 1.22 bits per heavy atom. The number of carbonyl (C=O) groups excluding carboxylic acids is 1. The summed E-state index contributed by atoms with van der Waals surface area (Å²) >= 11 is 1.86. The Kier molecular flexibility index (Phi) is 5.08. The van der Waals surface area contributed by atoms with Crippen molar-refractivity contribution in [1.29, 1.82) is 0 Å². The Bertz CT molecular complexity index is 690. The number of hydrogen-bond donors (Lipinski definition) is 1. The van der Waals surface area contributed by atoms with E-state index in [9.17, 15) is 4.79 Å². The van der Waals surface area contributed by atoms with E-state index in [4.69, 9.17) is 4.74 Å². The zero-order chi connectivity index (χ0) is 16.1. The number of rotatable bonds is 4. The van der Waals surface area contributed by atoms with Crippen molar-refractivity contribution in [2.24, 2.45) is 0 Å². The van der Waals surface area contributed by atoms with Crippen molar-refractivity contribution in [3.05, 3.63) is 48.5 Å². The van der Waals surface area contributed by atoms with Crippen molar-refractivity contribution in [3.8, 4) is 5.75 Å². The van der Waals surface area contributed by atoms with E-state index >= 15 is 0 Å². The van der Waals surface area contributed by atoms with Gasteiger partial charge in [-0.15, -0.1) is 11.8 Å². The Balaban J connectivity index is 1.73. The first-order chi connectivity index (χ1) is 11.3. The molecule has 1 aliphatic heterocycles. The van der Waals surface area contributed by atoms with E-state index in [0.29, 0.717) is 18.0 Å². The number of carbonyl (C=O) groups is 1. The van der Waals surface area contributed by atoms with Gasteiger partial charge >= 0.3 is 0 Å². The van der Waals surface area contributed by atoms with E-state index in [0.717, 1.165) is 24.4 Å². The molecule has 0 spiro atoms. The van der Waals surface area contributed by atoms with Gasteiger partial charge in [0.1, 0.15) is 5.75 Å². The maximum absolute atomic E-state index is 12.5. The summed E-state index contributed by atoms with van der Waals surface area (Å²) in [5.74, 6) is 1.73. The van der Waals surface area contributed by atoms with E-state index in [-0.39, 0.29) is 5.91 Å². The van der Waals surface area contributed by atoms with Crippen LogP contribution in [0.3, 0.4) is 0 Å². The Hall–Kier alpha value is -2.14. The number of fused-ring (bicyclic) bond motifs is 1. The molecule has 4 nitrogen and oxygen atoms in total. The predicted octanol–water partition coefficient (Wildman–Crippen LogP) is 3.64. The molecule has 23 heavy (non-hydrogen) atoms. The Morgan fingerprint density at radius 3 is 2.87 bits per heavy atom. The molecule has 0 bridgehead atoms. The normalized spacial score (nSPS) is 13.9. The number of nitrogens with one attached hydrogen (secondary N) is 1. The number of ether oxygens (including phenoxy) is 1. The molecule has 0 fully saturated rings. The highest BCUT2D eigenvalue weighted by Gasteiger charge is 2.18. The largest absolute Gasteiger partial charge is 0.495 e. The number of para-hydroxylation sites is 3. The lowest BCUT2D eigenvalue weighted by molar-refractivity contribution is -0.115. The molecule has 3 rings (SSSR count). The van der Waals surface area contributed by atoms with Crippen molar-refractivity contribution in [1.82, 2.24) is 0 Å². The lowest BCUT2D eigenvalue weighted by Crippen LogP contribution is -2.34. The van der Waals surface area contributed by atoms with Gasteiger partial charge in [0.05, 0.1) is 25.0 Å². The average molecular weight is 328 g/mol. The standard InChI is InChI=1S/C18H20N2O2S/c1-22-16-9-4-2-7-14(16)19-18(21)13-20-11-6-12-23-17-10-5-3-8-15(17)20/h2-5,7-10H,6,11-13H2,1H3,(H,19,21). The van der Waals surface area contributed by atoms with E-state index in [2.05, 4.69) is 22.3 Å². The van der Waals surface area contributed by atoms with Crippen LogP contribution < -0.4 is 15.0 Å². The third kappa shape index (κ3) is 3.79. The fraction of sp³-hybridized carbons (Fsp3) is 0.278. The fourth-order valence-electron chi connectivity index (χ4n) is 2.67. The van der Waals surface area contributed by atoms with Crippen molar-refractivity contribution in [2.75, 3.05) is 36.2 Å². The minimum atomic E-state index is -0.0313. The zero-order valence-corrected chi connectivity index (χ0v) is 13.9. The fourth-order valence-corrected chi connectivity index (χ4v) is 3.69. The maximum atomic E-state index is 12.5. The number of hydrogen-bond acceptors (Lipinski definition) is 4. The quantitative estimate of drug-likeness (QED) is 0.930. The van der Waals surface area contributed by atoms with Crippen LogP contribution in [0, 0.1) is 0 Å². The van der Waals surface area contributed by atoms with E-state index in [1.165, 1.54) is 4.90 Å². The van der Waals surface area contributed by atoms with Crippen molar-refractivity contribution < 1.29 is 9.53 Å². The molecule has 0 atom stereocenters. The Morgan fingerprint density at radius 2 is 2.00 bits per heavy atom. The number of anilines is 2. The third-order valence-corrected chi connectivity index (χ3v) is 4.90. The first-order valence-corrected chi connectivity index (χ1v) is 8.66. The molecule has 0 radical (unpaired) electrons. The van der Waals surface area contributed by atoms with Crippen LogP contribution in [0.1, 0.15) is 6.42 Å². The molecule has 0 saturated heterocycles. The first kappa shape index (κ1) is 15.7. The molecule has 0 unspecified atom stereocenters. The number of thioether (sulfide) groups is 1. The topological polar surface area (TPSA) is 41.6 Å². The van der Waals surface area contributed by atoms with Crippen molar-refractivity contribution in [3.63, 3.8) is 0 Å². The van der Waals surface area contributed by atoms with E-state index in [1.807, 2.05) is 48.2 Å². The number of benzene rings is 2. The predicted molar refractivity (Wildman–Crippen MR) is 95.6 cm³/mol. The van der Waals surface area contributed by atoms with Gasteiger partial charge in [-0.2, -0.15) is 0 Å². The molecule has 1 amide bonds. The lowest BCUT2D eigenvalue weighted by Gasteiger charge is -2.24.